The van der Waals surface area contributed by atoms with Crippen LogP contribution in [0, 0.1) is 21.4 Å². The van der Waals surface area contributed by atoms with Crippen LogP contribution in [-0.4, -0.2) is 121 Å². The summed E-state index contributed by atoms with van der Waals surface area (Å²) < 4.78 is 49.1. The molecule has 0 radical (unpaired) electrons. The molecular formula is C54H66N8O10S. The van der Waals surface area contributed by atoms with Gasteiger partial charge in [0.25, 0.3) is 21.6 Å². The zero-order valence-electron chi connectivity index (χ0n) is 41.7. The molecule has 2 saturated carbocycles. The summed E-state index contributed by atoms with van der Waals surface area (Å²) in [6.45, 7) is 10.3. The third-order valence-electron chi connectivity index (χ3n) is 16.7. The van der Waals surface area contributed by atoms with Crippen LogP contribution in [-0.2, 0) is 25.1 Å². The van der Waals surface area contributed by atoms with E-state index in [0.717, 1.165) is 86.4 Å². The Kier molecular flexibility index (Phi) is 12.9. The molecule has 19 heteroatoms. The van der Waals surface area contributed by atoms with Crippen molar-refractivity contribution in [3.8, 4) is 5.88 Å². The van der Waals surface area contributed by atoms with Gasteiger partial charge in [0, 0.05) is 62.2 Å². The molecule has 5 N–H and O–H groups in total. The van der Waals surface area contributed by atoms with E-state index in [4.69, 9.17) is 19.2 Å². The molecule has 3 atom stereocenters. The minimum absolute atomic E-state index is 0.0612. The summed E-state index contributed by atoms with van der Waals surface area (Å²) in [5.74, 6) is -0.347. The second-order valence-electron chi connectivity index (χ2n) is 22.1. The second-order valence-corrected chi connectivity index (χ2v) is 23.8. The number of nitrogens with zero attached hydrogens (tertiary/aromatic N) is 5. The number of nitro groups is 1. The minimum atomic E-state index is -4.63. The predicted octanol–water partition coefficient (Wildman–Crippen LogP) is 7.68. The summed E-state index contributed by atoms with van der Waals surface area (Å²) in [4.78, 5) is 41.0. The number of aromatic amines is 1. The van der Waals surface area contributed by atoms with Crippen LogP contribution >= 0.6 is 0 Å². The first-order valence-electron chi connectivity index (χ1n) is 25.8. The van der Waals surface area contributed by atoms with E-state index < -0.39 is 48.7 Å². The maximum Gasteiger partial charge on any atom is 0.293 e. The number of morpholine rings is 1. The molecule has 0 unspecified atom stereocenters. The molecule has 6 aliphatic rings. The van der Waals surface area contributed by atoms with Crippen molar-refractivity contribution in [3.63, 3.8) is 0 Å². The second kappa shape index (κ2) is 19.1. The van der Waals surface area contributed by atoms with Gasteiger partial charge in [0.2, 0.25) is 5.88 Å². The number of aliphatic hydroxyl groups is 2. The average Bonchev–Trinajstić information content (AvgIpc) is 3.83. The molecule has 1 amide bonds. The smallest absolute Gasteiger partial charge is 0.293 e. The molecule has 6 heterocycles. The van der Waals surface area contributed by atoms with Gasteiger partial charge in [0.1, 0.15) is 23.1 Å². The number of benzene rings is 3. The number of pyridine rings is 1. The fourth-order valence-corrected chi connectivity index (χ4v) is 13.5. The fraction of sp³-hybridized carbons (Fsp3) is 0.519. The van der Waals surface area contributed by atoms with Crippen molar-refractivity contribution in [1.29, 1.82) is 0 Å². The van der Waals surface area contributed by atoms with Crippen molar-refractivity contribution in [2.45, 2.75) is 119 Å². The number of nitrogens with one attached hydrogen (secondary N) is 3. The Labute approximate surface area is 425 Å². The molecule has 73 heavy (non-hydrogen) atoms. The van der Waals surface area contributed by atoms with E-state index >= 15 is 0 Å². The lowest BCUT2D eigenvalue weighted by Crippen LogP contribution is -2.58. The summed E-state index contributed by atoms with van der Waals surface area (Å²) >= 11 is 0. The fourth-order valence-electron chi connectivity index (χ4n) is 12.5. The van der Waals surface area contributed by atoms with Gasteiger partial charge in [-0.15, -0.1) is 0 Å². The third-order valence-corrected chi connectivity index (χ3v) is 18.0. The van der Waals surface area contributed by atoms with E-state index in [-0.39, 0.29) is 34.7 Å². The minimum Gasteiger partial charge on any atom is -0.468 e. The highest BCUT2D eigenvalue weighted by atomic mass is 32.2. The number of hydrogen-bond acceptors (Lipinski definition) is 15. The van der Waals surface area contributed by atoms with E-state index in [9.17, 15) is 33.5 Å². The number of piperidine rings is 1. The molecule has 388 valence electrons. The molecule has 5 fully saturated rings. The summed E-state index contributed by atoms with van der Waals surface area (Å²) in [7, 11) is -4.63. The van der Waals surface area contributed by atoms with Gasteiger partial charge in [-0.3, -0.25) is 19.8 Å². The van der Waals surface area contributed by atoms with Crippen molar-refractivity contribution < 1.29 is 42.6 Å². The average molecular weight is 1020 g/mol. The summed E-state index contributed by atoms with van der Waals surface area (Å²) in [6.07, 6.45) is 8.80. The number of ether oxygens (including phenoxy) is 3. The number of H-pyrrole nitrogens is 1. The van der Waals surface area contributed by atoms with E-state index in [1.54, 1.807) is 12.3 Å². The van der Waals surface area contributed by atoms with Crippen LogP contribution in [0.3, 0.4) is 0 Å². The van der Waals surface area contributed by atoms with Crippen LogP contribution in [0.25, 0.3) is 11.0 Å². The SMILES string of the molecule is CC(C)(O)c1ccccc1[C@@H]1COCCN1C1CC2(CCN(c3ccc(C(=O)NS(=O)(=O)c4ccc(NC[C@H]5CC[C@](C)(O)CC5)c([N+](=O)[O-])c4)c(N4c5cc6cc[nH]c6nc5O[C@H]5COCC[C@@H]54)c3)CC2)C1. The van der Waals surface area contributed by atoms with Crippen LogP contribution in [0.1, 0.15) is 106 Å². The summed E-state index contributed by atoms with van der Waals surface area (Å²) in [5, 5.41) is 37.8. The normalized spacial score (nSPS) is 25.6. The van der Waals surface area contributed by atoms with Crippen LogP contribution in [0.5, 0.6) is 5.88 Å². The number of amides is 1. The molecule has 4 aliphatic heterocycles. The van der Waals surface area contributed by atoms with Crippen molar-refractivity contribution in [2.75, 3.05) is 67.7 Å². The number of anilines is 4. The molecule has 5 aromatic rings. The molecule has 2 aliphatic carbocycles. The van der Waals surface area contributed by atoms with Gasteiger partial charge in [0.15, 0.2) is 0 Å². The number of hydrogen-bond donors (Lipinski definition) is 5. The van der Waals surface area contributed by atoms with Gasteiger partial charge in [-0.05, 0) is 143 Å². The number of rotatable bonds is 12. The summed E-state index contributed by atoms with van der Waals surface area (Å²) in [6, 6.07) is 21.4. The van der Waals surface area contributed by atoms with Crippen LogP contribution in [0.15, 0.2) is 83.9 Å². The number of aromatic nitrogens is 2. The van der Waals surface area contributed by atoms with Gasteiger partial charge in [-0.25, -0.2) is 13.1 Å². The number of carbonyl (C=O) groups is 1. The number of carbonyl (C=O) groups excluding carboxylic acids is 1. The molecule has 3 aromatic carbocycles. The first-order chi connectivity index (χ1) is 34.9. The Balaban J connectivity index is 0.863. The largest absolute Gasteiger partial charge is 0.468 e. The molecule has 11 rings (SSSR count). The van der Waals surface area contributed by atoms with Gasteiger partial charge < -0.3 is 44.5 Å². The van der Waals surface area contributed by atoms with Crippen LogP contribution in [0.4, 0.5) is 28.4 Å². The summed E-state index contributed by atoms with van der Waals surface area (Å²) in [5.41, 5.74) is 3.00. The number of nitro benzene ring substituents is 1. The maximum absolute atomic E-state index is 14.7. The van der Waals surface area contributed by atoms with Gasteiger partial charge in [-0.2, -0.15) is 4.98 Å². The quantitative estimate of drug-likeness (QED) is 0.0597. The number of sulfonamides is 1. The Morgan fingerprint density at radius 1 is 0.945 bits per heavy atom. The van der Waals surface area contributed by atoms with E-state index in [1.807, 2.05) is 63.2 Å². The highest BCUT2D eigenvalue weighted by Crippen LogP contribution is 2.54. The molecule has 2 aromatic heterocycles. The lowest BCUT2D eigenvalue weighted by Gasteiger charge is -2.57. The number of fused-ring (bicyclic) bond motifs is 3. The zero-order chi connectivity index (χ0) is 50.9. The van der Waals surface area contributed by atoms with E-state index in [2.05, 4.69) is 35.8 Å². The Bertz CT molecular complexity index is 3000. The maximum atomic E-state index is 14.7. The van der Waals surface area contributed by atoms with E-state index in [0.29, 0.717) is 81.2 Å². The third kappa shape index (κ3) is 9.75. The van der Waals surface area contributed by atoms with Gasteiger partial charge in [-0.1, -0.05) is 24.3 Å². The van der Waals surface area contributed by atoms with Crippen molar-refractivity contribution >= 4 is 55.4 Å². The Morgan fingerprint density at radius 3 is 2.48 bits per heavy atom. The molecule has 0 bridgehead atoms. The van der Waals surface area contributed by atoms with Gasteiger partial charge >= 0.3 is 0 Å². The van der Waals surface area contributed by atoms with Gasteiger partial charge in [0.05, 0.1) is 64.2 Å². The molecule has 18 nitrogen and oxygen atoms in total. The van der Waals surface area contributed by atoms with Crippen molar-refractivity contribution in [3.05, 3.63) is 106 Å². The standard InChI is InChI=1S/C54H66N8O10S/c1-52(2,64)41-7-5-4-6-39(41)47-32-71-25-23-60(47)37-29-54(30-37)18-21-59(22-19-54)36-8-10-40(44(27-36)61-43-15-24-70-33-48(43)72-51-46(61)26-35-14-20-55-49(35)57-51)50(63)58-73(68,69)38-9-11-42(45(28-38)62(66)67)56-31-34-12-16-53(3,65)17-13-34/h4-11,14,20,26-28,34,37,43,47-48,56,64-65H,12-13,15-19,21-25,29-33H2,1-3H3,(H,55,57)(H,58,63)/t34-,43-,47-,48-,53-/m0/s1. The van der Waals surface area contributed by atoms with Crippen LogP contribution < -0.4 is 24.6 Å². The first-order valence-corrected chi connectivity index (χ1v) is 27.3. The highest BCUT2D eigenvalue weighted by molar-refractivity contribution is 7.90. The van der Waals surface area contributed by atoms with Crippen molar-refractivity contribution in [2.24, 2.45) is 11.3 Å². The topological polar surface area (TPSA) is 225 Å². The monoisotopic (exact) mass is 1020 g/mol. The lowest BCUT2D eigenvalue weighted by atomic mass is 9.59. The van der Waals surface area contributed by atoms with E-state index in [1.165, 1.54) is 12.1 Å². The molecule has 3 saturated heterocycles. The molecule has 1 spiro atoms. The zero-order valence-corrected chi connectivity index (χ0v) is 42.5. The van der Waals surface area contributed by atoms with Crippen LogP contribution in [0.2, 0.25) is 0 Å². The Morgan fingerprint density at radius 2 is 1.71 bits per heavy atom. The predicted molar refractivity (Wildman–Crippen MR) is 276 cm³/mol. The molecular weight excluding hydrogens is 953 g/mol. The first kappa shape index (κ1) is 49.4. The highest BCUT2D eigenvalue weighted by Gasteiger charge is 2.50. The Hall–Kier alpha value is -5.83. The lowest BCUT2D eigenvalue weighted by molar-refractivity contribution is -0.384. The van der Waals surface area contributed by atoms with Crippen molar-refractivity contribution in [1.82, 2.24) is 19.6 Å².